The van der Waals surface area contributed by atoms with Crippen LogP contribution >= 0.6 is 11.6 Å². The van der Waals surface area contributed by atoms with E-state index in [0.717, 1.165) is 22.6 Å². The van der Waals surface area contributed by atoms with Gasteiger partial charge < -0.3 is 10.1 Å². The highest BCUT2D eigenvalue weighted by molar-refractivity contribution is 6.33. The Labute approximate surface area is 169 Å². The van der Waals surface area contributed by atoms with Crippen LogP contribution in [0.5, 0.6) is 0 Å². The first kappa shape index (κ1) is 18.5. The van der Waals surface area contributed by atoms with E-state index < -0.39 is 0 Å². The highest BCUT2D eigenvalue weighted by atomic mass is 35.5. The first-order chi connectivity index (χ1) is 13.7. The van der Waals surface area contributed by atoms with Crippen molar-refractivity contribution in [3.63, 3.8) is 0 Å². The Balaban J connectivity index is 1.60. The minimum atomic E-state index is -0.312. The number of hydrogen-bond donors (Lipinski definition) is 1. The number of ether oxygens (including phenoxy) is 1. The normalized spacial score (nSPS) is 13.2. The summed E-state index contributed by atoms with van der Waals surface area (Å²) < 4.78 is 5.24. The molecule has 1 aliphatic carbocycles. The number of nitrogens with one attached hydrogen (secondary N) is 1. The van der Waals surface area contributed by atoms with Crippen molar-refractivity contribution >= 4 is 28.9 Å². The number of carbonyl (C=O) groups is 1. The standard InChI is InChI=1S/C23H21ClN2O2/c1-2-28-23(27)19-13-16(15-7-8-15)9-11-22(19)26-17-10-12-21(25-14-17)18-5-3-4-6-20(18)24/h3-6,9-15,26H,2,7-8H2,1H3. The van der Waals surface area contributed by atoms with Crippen LogP contribution in [0.1, 0.15) is 41.6 Å². The SMILES string of the molecule is CCOC(=O)c1cc(C2CC2)ccc1Nc1ccc(-c2ccccc2Cl)nc1. The van der Waals surface area contributed by atoms with Crippen LogP contribution in [-0.2, 0) is 4.74 Å². The molecular formula is C23H21ClN2O2. The molecule has 4 rings (SSSR count). The average molecular weight is 393 g/mol. The summed E-state index contributed by atoms with van der Waals surface area (Å²) in [5.74, 6) is 0.256. The van der Waals surface area contributed by atoms with E-state index in [-0.39, 0.29) is 5.97 Å². The molecule has 28 heavy (non-hydrogen) atoms. The lowest BCUT2D eigenvalue weighted by atomic mass is 10.0. The first-order valence-corrected chi connectivity index (χ1v) is 9.82. The Morgan fingerprint density at radius 3 is 2.68 bits per heavy atom. The van der Waals surface area contributed by atoms with Gasteiger partial charge in [0.15, 0.2) is 0 Å². The van der Waals surface area contributed by atoms with Gasteiger partial charge in [-0.05, 0) is 61.6 Å². The number of nitrogens with zero attached hydrogens (tertiary/aromatic N) is 1. The van der Waals surface area contributed by atoms with Crippen molar-refractivity contribution < 1.29 is 9.53 Å². The van der Waals surface area contributed by atoms with E-state index in [4.69, 9.17) is 16.3 Å². The molecule has 1 aliphatic rings. The van der Waals surface area contributed by atoms with Crippen LogP contribution in [0.15, 0.2) is 60.8 Å². The summed E-state index contributed by atoms with van der Waals surface area (Å²) in [6.07, 6.45) is 4.10. The number of rotatable bonds is 6. The Kier molecular flexibility index (Phi) is 5.31. The van der Waals surface area contributed by atoms with Gasteiger partial charge in [0.05, 0.1) is 35.4 Å². The number of halogens is 1. The van der Waals surface area contributed by atoms with Crippen LogP contribution in [0.4, 0.5) is 11.4 Å². The minimum Gasteiger partial charge on any atom is -0.462 e. The van der Waals surface area contributed by atoms with Crippen LogP contribution in [-0.4, -0.2) is 17.6 Å². The Hall–Kier alpha value is -2.85. The largest absolute Gasteiger partial charge is 0.462 e. The molecule has 142 valence electrons. The van der Waals surface area contributed by atoms with Gasteiger partial charge in [0.25, 0.3) is 0 Å². The molecule has 1 N–H and O–H groups in total. The van der Waals surface area contributed by atoms with Crippen LogP contribution < -0.4 is 5.32 Å². The summed E-state index contributed by atoms with van der Waals surface area (Å²) in [5.41, 5.74) is 4.94. The summed E-state index contributed by atoms with van der Waals surface area (Å²) in [5, 5.41) is 3.96. The first-order valence-electron chi connectivity index (χ1n) is 9.44. The van der Waals surface area contributed by atoms with Crippen molar-refractivity contribution in [2.75, 3.05) is 11.9 Å². The van der Waals surface area contributed by atoms with Gasteiger partial charge in [-0.3, -0.25) is 4.98 Å². The molecule has 1 fully saturated rings. The summed E-state index contributed by atoms with van der Waals surface area (Å²) in [6.45, 7) is 2.16. The Morgan fingerprint density at radius 1 is 1.18 bits per heavy atom. The number of benzene rings is 2. The van der Waals surface area contributed by atoms with Gasteiger partial charge in [0.2, 0.25) is 0 Å². The molecule has 0 saturated heterocycles. The Morgan fingerprint density at radius 2 is 2.00 bits per heavy atom. The number of anilines is 2. The number of pyridine rings is 1. The molecule has 1 aromatic heterocycles. The third-order valence-electron chi connectivity index (χ3n) is 4.78. The third-order valence-corrected chi connectivity index (χ3v) is 5.11. The smallest absolute Gasteiger partial charge is 0.340 e. The zero-order valence-corrected chi connectivity index (χ0v) is 16.4. The number of aromatic nitrogens is 1. The van der Waals surface area contributed by atoms with E-state index in [1.165, 1.54) is 18.4 Å². The highest BCUT2D eigenvalue weighted by Crippen LogP contribution is 2.41. The molecule has 2 aromatic carbocycles. The van der Waals surface area contributed by atoms with Gasteiger partial charge in [-0.1, -0.05) is 35.9 Å². The summed E-state index contributed by atoms with van der Waals surface area (Å²) in [7, 11) is 0. The van der Waals surface area contributed by atoms with Crippen molar-refractivity contribution in [2.45, 2.75) is 25.7 Å². The van der Waals surface area contributed by atoms with Crippen molar-refractivity contribution in [3.05, 3.63) is 76.9 Å². The fraction of sp³-hybridized carbons (Fsp3) is 0.217. The second kappa shape index (κ2) is 8.03. The van der Waals surface area contributed by atoms with Gasteiger partial charge in [0, 0.05) is 10.6 Å². The molecule has 1 heterocycles. The molecule has 0 unspecified atom stereocenters. The van der Waals surface area contributed by atoms with E-state index in [1.54, 1.807) is 6.20 Å². The molecule has 3 aromatic rings. The zero-order chi connectivity index (χ0) is 19.5. The maximum absolute atomic E-state index is 12.4. The number of hydrogen-bond acceptors (Lipinski definition) is 4. The van der Waals surface area contributed by atoms with E-state index >= 15 is 0 Å². The van der Waals surface area contributed by atoms with Crippen LogP contribution in [0.2, 0.25) is 5.02 Å². The molecule has 0 radical (unpaired) electrons. The topological polar surface area (TPSA) is 51.2 Å². The molecule has 5 heteroatoms. The lowest BCUT2D eigenvalue weighted by molar-refractivity contribution is 0.0527. The monoisotopic (exact) mass is 392 g/mol. The molecule has 0 aliphatic heterocycles. The van der Waals surface area contributed by atoms with Crippen molar-refractivity contribution in [3.8, 4) is 11.3 Å². The molecule has 0 spiro atoms. The van der Waals surface area contributed by atoms with Crippen molar-refractivity contribution in [1.29, 1.82) is 0 Å². The van der Waals surface area contributed by atoms with E-state index in [1.807, 2.05) is 55.5 Å². The lowest BCUT2D eigenvalue weighted by Gasteiger charge is -2.13. The molecule has 0 atom stereocenters. The second-order valence-corrected chi connectivity index (χ2v) is 7.24. The van der Waals surface area contributed by atoms with E-state index in [2.05, 4.69) is 16.4 Å². The van der Waals surface area contributed by atoms with Crippen LogP contribution in [0, 0.1) is 0 Å². The third kappa shape index (κ3) is 4.02. The van der Waals surface area contributed by atoms with Gasteiger partial charge in [0.1, 0.15) is 0 Å². The predicted molar refractivity (Wildman–Crippen MR) is 112 cm³/mol. The predicted octanol–water partition coefficient (Wildman–Crippen LogP) is 6.20. The van der Waals surface area contributed by atoms with Crippen molar-refractivity contribution in [1.82, 2.24) is 4.98 Å². The maximum Gasteiger partial charge on any atom is 0.340 e. The quantitative estimate of drug-likeness (QED) is 0.507. The van der Waals surface area contributed by atoms with Crippen molar-refractivity contribution in [2.24, 2.45) is 0 Å². The number of esters is 1. The molecule has 0 bridgehead atoms. The lowest BCUT2D eigenvalue weighted by Crippen LogP contribution is -2.08. The zero-order valence-electron chi connectivity index (χ0n) is 15.6. The van der Waals surface area contributed by atoms with Gasteiger partial charge >= 0.3 is 5.97 Å². The Bertz CT molecular complexity index is 998. The van der Waals surface area contributed by atoms with E-state index in [0.29, 0.717) is 23.1 Å². The van der Waals surface area contributed by atoms with Gasteiger partial charge in [-0.15, -0.1) is 0 Å². The van der Waals surface area contributed by atoms with Crippen LogP contribution in [0.3, 0.4) is 0 Å². The number of carbonyl (C=O) groups excluding carboxylic acids is 1. The fourth-order valence-corrected chi connectivity index (χ4v) is 3.40. The van der Waals surface area contributed by atoms with Gasteiger partial charge in [-0.25, -0.2) is 4.79 Å². The van der Waals surface area contributed by atoms with Gasteiger partial charge in [-0.2, -0.15) is 0 Å². The fourth-order valence-electron chi connectivity index (χ4n) is 3.17. The molecule has 4 nitrogen and oxygen atoms in total. The molecule has 1 saturated carbocycles. The van der Waals surface area contributed by atoms with Crippen LogP contribution in [0.25, 0.3) is 11.3 Å². The maximum atomic E-state index is 12.4. The molecular weight excluding hydrogens is 372 g/mol. The summed E-state index contributed by atoms with van der Waals surface area (Å²) in [4.78, 5) is 16.9. The summed E-state index contributed by atoms with van der Waals surface area (Å²) >= 11 is 6.25. The summed E-state index contributed by atoms with van der Waals surface area (Å²) in [6, 6.07) is 17.4. The molecule has 0 amide bonds. The second-order valence-electron chi connectivity index (χ2n) is 6.84. The van der Waals surface area contributed by atoms with E-state index in [9.17, 15) is 4.79 Å². The average Bonchev–Trinajstić information content (AvgIpc) is 3.55. The highest BCUT2D eigenvalue weighted by Gasteiger charge is 2.25. The minimum absolute atomic E-state index is 0.312.